The number of ether oxygens (including phenoxy) is 1. The zero-order chi connectivity index (χ0) is 37.6. The van der Waals surface area contributed by atoms with Crippen molar-refractivity contribution in [1.29, 1.82) is 0 Å². The summed E-state index contributed by atoms with van der Waals surface area (Å²) in [7, 11) is -10.3. The molecule has 20 heteroatoms. The molecule has 3 heterocycles. The van der Waals surface area contributed by atoms with Gasteiger partial charge in [0.2, 0.25) is 0 Å². The lowest BCUT2D eigenvalue weighted by molar-refractivity contribution is -0.136. The number of benzene rings is 2. The monoisotopic (exact) mass is 782 g/mol. The molecule has 4 N–H and O–H groups in total. The van der Waals surface area contributed by atoms with Crippen molar-refractivity contribution < 1.29 is 55.0 Å². The number of carbonyl (C=O) groups is 2. The fourth-order valence-electron chi connectivity index (χ4n) is 4.77. The maximum absolute atomic E-state index is 13.4. The number of hydrogen-bond donors (Lipinski definition) is 4. The Hall–Kier alpha value is -4.52. The lowest BCUT2D eigenvalue weighted by Gasteiger charge is -2.30. The first kappa shape index (κ1) is 39.3. The van der Waals surface area contributed by atoms with Crippen molar-refractivity contribution in [3.8, 4) is 0 Å². The lowest BCUT2D eigenvalue weighted by atomic mass is 10.1. The molecule has 274 valence electrons. The summed E-state index contributed by atoms with van der Waals surface area (Å²) in [6, 6.07) is 11.7. The fourth-order valence-corrected chi connectivity index (χ4v) is 9.80. The second-order valence-corrected chi connectivity index (χ2v) is 17.2. The van der Waals surface area contributed by atoms with Gasteiger partial charge in [0.15, 0.2) is 28.0 Å². The smallest absolute Gasteiger partial charge is 0.359 e. The van der Waals surface area contributed by atoms with Gasteiger partial charge in [0.05, 0.1) is 42.8 Å². The van der Waals surface area contributed by atoms with Gasteiger partial charge in [-0.05, 0) is 45.0 Å². The Labute approximate surface area is 298 Å². The molecule has 1 aromatic heterocycles. The number of allylic oxidation sites excluding steroid dienone is 1. The zero-order valence-electron chi connectivity index (χ0n) is 27.7. The molecule has 0 saturated heterocycles. The number of nitrogens with zero attached hydrogens (tertiary/aromatic N) is 2. The van der Waals surface area contributed by atoms with Crippen LogP contribution in [-0.4, -0.2) is 81.2 Å². The number of aliphatic hydroxyl groups excluding tert-OH is 2. The summed E-state index contributed by atoms with van der Waals surface area (Å²) in [4.78, 5) is 29.1. The second-order valence-electron chi connectivity index (χ2n) is 10.4. The molecular weight excluding hydrogens is 748 g/mol. The highest BCUT2D eigenvalue weighted by Crippen LogP contribution is 2.48. The average molecular weight is 783 g/mol. The summed E-state index contributed by atoms with van der Waals surface area (Å²) in [5.74, 6) is -2.69. The molecule has 16 nitrogen and oxygen atoms in total. The standard InChI is InChI=1S/C21H26N3O7PS2.C10H9NO5S/c1-4-30-32(27,31-5-2)13-9-8-12-24-18(20(26)23-21-22-14-15(3)33-21)19(25)16-10-6-7-11-17(16)34(24,28)29;1-16-10(13)8-9(12)6-4-2-3-5-7(6)17(14,15)11-8/h6-11,14,25H,4-5,12-13H2,1-3H3,(H,22,23,26);2-5,11-12H,1H3/b9-8+;. The van der Waals surface area contributed by atoms with E-state index in [9.17, 15) is 41.2 Å². The Morgan fingerprint density at radius 2 is 1.55 bits per heavy atom. The minimum absolute atomic E-state index is 0.0281. The van der Waals surface area contributed by atoms with Crippen molar-refractivity contribution >= 4 is 67.5 Å². The number of anilines is 1. The van der Waals surface area contributed by atoms with Crippen molar-refractivity contribution in [1.82, 2.24) is 14.0 Å². The number of hydrogen-bond acceptors (Lipinski definition) is 14. The molecule has 0 bridgehead atoms. The van der Waals surface area contributed by atoms with Crippen molar-refractivity contribution in [2.24, 2.45) is 0 Å². The van der Waals surface area contributed by atoms with Gasteiger partial charge in [0.25, 0.3) is 26.0 Å². The number of esters is 1. The number of sulfonamides is 2. The predicted octanol–water partition coefficient (Wildman–Crippen LogP) is 4.52. The van der Waals surface area contributed by atoms with Gasteiger partial charge in [0.1, 0.15) is 0 Å². The molecule has 0 unspecified atom stereocenters. The normalized spacial score (nSPS) is 16.0. The molecule has 0 atom stereocenters. The van der Waals surface area contributed by atoms with Gasteiger partial charge in [-0.25, -0.2) is 26.6 Å². The summed E-state index contributed by atoms with van der Waals surface area (Å²) in [5, 5.41) is 23.5. The Kier molecular flexibility index (Phi) is 12.5. The number of thiazole rings is 1. The van der Waals surface area contributed by atoms with E-state index in [1.807, 2.05) is 11.6 Å². The first-order valence-corrected chi connectivity index (χ1v) is 20.5. The number of rotatable bonds is 11. The number of carbonyl (C=O) groups excluding carboxylic acids is 2. The number of aromatic nitrogens is 1. The summed E-state index contributed by atoms with van der Waals surface area (Å²) in [6.45, 7) is 5.29. The average Bonchev–Trinajstić information content (AvgIpc) is 3.51. The van der Waals surface area contributed by atoms with E-state index in [-0.39, 0.29) is 52.0 Å². The third kappa shape index (κ3) is 8.69. The number of aryl methyl sites for hydroxylation is 1. The molecular formula is C31H35N4O12PS3. The molecule has 0 radical (unpaired) electrons. The molecule has 1 amide bonds. The number of amides is 1. The third-order valence-electron chi connectivity index (χ3n) is 6.95. The van der Waals surface area contributed by atoms with Crippen molar-refractivity contribution in [2.45, 2.75) is 30.6 Å². The van der Waals surface area contributed by atoms with Crippen LogP contribution in [0.25, 0.3) is 11.5 Å². The van der Waals surface area contributed by atoms with Crippen molar-refractivity contribution in [2.75, 3.05) is 38.3 Å². The van der Waals surface area contributed by atoms with E-state index in [1.165, 1.54) is 59.9 Å². The molecule has 0 saturated carbocycles. The number of aliphatic hydroxyl groups is 2. The minimum Gasteiger partial charge on any atom is -0.505 e. The van der Waals surface area contributed by atoms with Crippen LogP contribution in [0, 0.1) is 6.92 Å². The highest BCUT2D eigenvalue weighted by atomic mass is 32.2. The Balaban J connectivity index is 0.000000286. The molecule has 2 aliphatic heterocycles. The third-order valence-corrected chi connectivity index (χ3v) is 13.0. The first-order valence-electron chi connectivity index (χ1n) is 15.1. The second kappa shape index (κ2) is 16.2. The maximum Gasteiger partial charge on any atom is 0.359 e. The molecule has 5 rings (SSSR count). The molecule has 0 fully saturated rings. The van der Waals surface area contributed by atoms with Crippen LogP contribution in [0.4, 0.5) is 5.13 Å². The summed E-state index contributed by atoms with van der Waals surface area (Å²) >= 11 is 1.21. The number of nitrogens with one attached hydrogen (secondary N) is 2. The van der Waals surface area contributed by atoms with Crippen LogP contribution >= 0.6 is 18.9 Å². The molecule has 3 aromatic rings. The van der Waals surface area contributed by atoms with E-state index in [2.05, 4.69) is 15.0 Å². The molecule has 0 aliphatic carbocycles. The van der Waals surface area contributed by atoms with Crippen LogP contribution in [0.3, 0.4) is 0 Å². The van der Waals surface area contributed by atoms with Crippen LogP contribution in [0.2, 0.25) is 0 Å². The summed E-state index contributed by atoms with van der Waals surface area (Å²) in [5.41, 5.74) is -0.813. The van der Waals surface area contributed by atoms with E-state index < -0.39 is 62.4 Å². The molecule has 2 aromatic carbocycles. The van der Waals surface area contributed by atoms with Gasteiger partial charge < -0.3 is 24.0 Å². The van der Waals surface area contributed by atoms with Gasteiger partial charge in [0, 0.05) is 22.2 Å². The van der Waals surface area contributed by atoms with Gasteiger partial charge in [-0.2, -0.15) is 0 Å². The Morgan fingerprint density at radius 1 is 0.961 bits per heavy atom. The van der Waals surface area contributed by atoms with E-state index in [0.29, 0.717) is 0 Å². The molecule has 2 aliphatic rings. The van der Waals surface area contributed by atoms with E-state index >= 15 is 0 Å². The number of fused-ring (bicyclic) bond motifs is 2. The van der Waals surface area contributed by atoms with Crippen LogP contribution in [0.15, 0.2) is 88.1 Å². The Bertz CT molecular complexity index is 2170. The fraction of sp³-hybridized carbons (Fsp3) is 0.258. The molecule has 0 spiro atoms. The van der Waals surface area contributed by atoms with Gasteiger partial charge in [-0.1, -0.05) is 36.4 Å². The van der Waals surface area contributed by atoms with Gasteiger partial charge >= 0.3 is 13.6 Å². The van der Waals surface area contributed by atoms with Crippen LogP contribution in [-0.2, 0) is 48.0 Å². The first-order chi connectivity index (χ1) is 24.1. The van der Waals surface area contributed by atoms with Crippen LogP contribution < -0.4 is 10.0 Å². The Morgan fingerprint density at radius 3 is 2.12 bits per heavy atom. The SMILES string of the molecule is CCOP(=O)(C/C=C/CN1C(C(=O)Nc2ncc(C)s2)=C(O)c2ccccc2S1(=O)=O)OCC.COC(=O)C1=C(O)c2ccccc2S(=O)(=O)N1. The van der Waals surface area contributed by atoms with Gasteiger partial charge in [-0.15, -0.1) is 11.3 Å². The lowest BCUT2D eigenvalue weighted by Crippen LogP contribution is -2.40. The maximum atomic E-state index is 13.4. The highest BCUT2D eigenvalue weighted by Gasteiger charge is 2.40. The quantitative estimate of drug-likeness (QED) is 0.119. The van der Waals surface area contributed by atoms with Crippen LogP contribution in [0.1, 0.15) is 29.9 Å². The van der Waals surface area contributed by atoms with Gasteiger partial charge in [-0.3, -0.25) is 23.7 Å². The summed E-state index contributed by atoms with van der Waals surface area (Å²) in [6.07, 6.45) is 4.40. The molecule has 51 heavy (non-hydrogen) atoms. The minimum atomic E-state index is -4.18. The van der Waals surface area contributed by atoms with E-state index in [1.54, 1.807) is 32.2 Å². The number of methoxy groups -OCH3 is 1. The topological polar surface area (TPSA) is 228 Å². The van der Waals surface area contributed by atoms with E-state index in [4.69, 9.17) is 9.05 Å². The highest BCUT2D eigenvalue weighted by molar-refractivity contribution is 7.90. The largest absolute Gasteiger partial charge is 0.505 e. The predicted molar refractivity (Wildman–Crippen MR) is 189 cm³/mol. The zero-order valence-corrected chi connectivity index (χ0v) is 31.1. The van der Waals surface area contributed by atoms with Crippen LogP contribution in [0.5, 0.6) is 0 Å². The van der Waals surface area contributed by atoms with Crippen molar-refractivity contribution in [3.63, 3.8) is 0 Å². The van der Waals surface area contributed by atoms with E-state index in [0.717, 1.165) is 16.3 Å². The van der Waals surface area contributed by atoms with Crippen molar-refractivity contribution in [3.05, 3.63) is 94.3 Å². The summed E-state index contributed by atoms with van der Waals surface area (Å²) < 4.78 is 80.6.